The van der Waals surface area contributed by atoms with Crippen LogP contribution in [0.1, 0.15) is 296 Å². The van der Waals surface area contributed by atoms with Gasteiger partial charge < -0.3 is 40.3 Å². The van der Waals surface area contributed by atoms with Gasteiger partial charge in [-0.3, -0.25) is 4.79 Å². The van der Waals surface area contributed by atoms with Crippen LogP contribution in [0.3, 0.4) is 0 Å². The fourth-order valence-corrected chi connectivity index (χ4v) is 9.93. The third kappa shape index (κ3) is 42.9. The van der Waals surface area contributed by atoms with Gasteiger partial charge in [0.25, 0.3) is 0 Å². The summed E-state index contributed by atoms with van der Waals surface area (Å²) in [5.41, 5.74) is 0. The molecule has 1 aliphatic heterocycles. The topological polar surface area (TPSA) is 149 Å². The molecule has 1 rings (SSSR count). The zero-order valence-corrected chi connectivity index (χ0v) is 47.6. The summed E-state index contributed by atoms with van der Waals surface area (Å²) in [4.78, 5) is 13.1. The third-order valence-corrected chi connectivity index (χ3v) is 14.9. The number of rotatable bonds is 54. The van der Waals surface area contributed by atoms with Crippen LogP contribution in [0.5, 0.6) is 0 Å². The fourth-order valence-electron chi connectivity index (χ4n) is 9.93. The van der Waals surface area contributed by atoms with Gasteiger partial charge in [-0.15, -0.1) is 0 Å². The van der Waals surface area contributed by atoms with E-state index in [4.69, 9.17) is 9.47 Å². The molecule has 0 aromatic heterocycles. The Morgan fingerprint density at radius 3 is 1.19 bits per heavy atom. The summed E-state index contributed by atoms with van der Waals surface area (Å²) in [6.07, 6.45) is 64.7. The molecule has 1 amide bonds. The number of ether oxygens (including phenoxy) is 2. The lowest BCUT2D eigenvalue weighted by Crippen LogP contribution is -2.60. The Balaban J connectivity index is 2.20. The summed E-state index contributed by atoms with van der Waals surface area (Å²) in [5, 5.41) is 54.6. The normalized spacial score (nSPS) is 19.4. The minimum atomic E-state index is -1.57. The monoisotopic (exact) mass is 1030 g/mol. The molecule has 0 spiro atoms. The number of carbonyl (C=O) groups excluding carboxylic acids is 1. The summed E-state index contributed by atoms with van der Waals surface area (Å²) >= 11 is 0. The van der Waals surface area contributed by atoms with Crippen LogP contribution in [0.15, 0.2) is 48.6 Å². The van der Waals surface area contributed by atoms with Gasteiger partial charge in [0.15, 0.2) is 6.29 Å². The first-order chi connectivity index (χ1) is 35.8. The molecule has 9 heteroatoms. The standard InChI is InChI=1S/C64H119NO8/c1-3-5-7-9-11-13-15-17-19-21-23-25-27-28-29-30-32-33-35-37-39-41-43-45-47-49-51-53-58(67)57(56-72-64-63(71)62(70)61(69)59(55-66)73-64)65-60(68)54-52-50-48-46-44-42-40-38-36-34-31-26-24-22-20-18-16-14-12-10-8-6-4-2/h16,18,22,24,31,34,51,53,57-59,61-64,66-67,69-71H,3-15,17,19-21,23,25-30,32-33,35-50,52,54-56H2,1-2H3,(H,65,68)/b18-16-,24-22-,34-31-,53-51+. The van der Waals surface area contributed by atoms with E-state index < -0.39 is 49.5 Å². The van der Waals surface area contributed by atoms with Gasteiger partial charge in [0, 0.05) is 6.42 Å². The van der Waals surface area contributed by atoms with Crippen molar-refractivity contribution in [1.82, 2.24) is 5.32 Å². The van der Waals surface area contributed by atoms with Gasteiger partial charge in [-0.05, 0) is 57.8 Å². The van der Waals surface area contributed by atoms with Crippen LogP contribution in [-0.4, -0.2) is 87.5 Å². The lowest BCUT2D eigenvalue weighted by atomic mass is 9.99. The maximum absolute atomic E-state index is 13.1. The van der Waals surface area contributed by atoms with Crippen LogP contribution >= 0.6 is 0 Å². The molecule has 0 aromatic rings. The Kier molecular flexibility index (Phi) is 50.7. The molecule has 7 unspecified atom stereocenters. The third-order valence-electron chi connectivity index (χ3n) is 14.9. The van der Waals surface area contributed by atoms with Gasteiger partial charge in [-0.2, -0.15) is 0 Å². The molecule has 73 heavy (non-hydrogen) atoms. The molecule has 1 heterocycles. The van der Waals surface area contributed by atoms with E-state index in [-0.39, 0.29) is 12.5 Å². The largest absolute Gasteiger partial charge is 0.394 e. The zero-order valence-electron chi connectivity index (χ0n) is 47.6. The van der Waals surface area contributed by atoms with Crippen molar-refractivity contribution in [2.24, 2.45) is 0 Å². The zero-order chi connectivity index (χ0) is 52.9. The van der Waals surface area contributed by atoms with Crippen molar-refractivity contribution in [2.75, 3.05) is 13.2 Å². The van der Waals surface area contributed by atoms with Crippen LogP contribution in [0.2, 0.25) is 0 Å². The Bertz CT molecular complexity index is 1290. The predicted molar refractivity (Wildman–Crippen MR) is 309 cm³/mol. The number of hydrogen-bond acceptors (Lipinski definition) is 8. The highest BCUT2D eigenvalue weighted by atomic mass is 16.7. The molecule has 0 saturated carbocycles. The number of carbonyl (C=O) groups is 1. The molecule has 0 aliphatic carbocycles. The number of aliphatic hydroxyl groups excluding tert-OH is 5. The number of aliphatic hydroxyl groups is 5. The highest BCUT2D eigenvalue weighted by molar-refractivity contribution is 5.76. The van der Waals surface area contributed by atoms with E-state index in [2.05, 4.69) is 55.6 Å². The van der Waals surface area contributed by atoms with Crippen LogP contribution in [0.4, 0.5) is 0 Å². The second-order valence-electron chi connectivity index (χ2n) is 21.9. The van der Waals surface area contributed by atoms with E-state index in [0.29, 0.717) is 6.42 Å². The number of hydrogen-bond donors (Lipinski definition) is 6. The highest BCUT2D eigenvalue weighted by Crippen LogP contribution is 2.23. The Labute approximate surface area is 450 Å². The summed E-state index contributed by atoms with van der Waals surface area (Å²) in [5.74, 6) is -0.182. The number of nitrogens with one attached hydrogen (secondary N) is 1. The molecule has 1 fully saturated rings. The van der Waals surface area contributed by atoms with Crippen molar-refractivity contribution in [2.45, 2.75) is 339 Å². The van der Waals surface area contributed by atoms with Crippen LogP contribution in [0.25, 0.3) is 0 Å². The molecule has 0 radical (unpaired) electrons. The second kappa shape index (κ2) is 53.5. The van der Waals surface area contributed by atoms with Crippen LogP contribution in [-0.2, 0) is 14.3 Å². The van der Waals surface area contributed by atoms with Crippen molar-refractivity contribution in [1.29, 1.82) is 0 Å². The van der Waals surface area contributed by atoms with Crippen LogP contribution in [0, 0.1) is 0 Å². The van der Waals surface area contributed by atoms with Gasteiger partial charge in [-0.1, -0.05) is 281 Å². The van der Waals surface area contributed by atoms with Gasteiger partial charge in [0.05, 0.1) is 25.4 Å². The van der Waals surface area contributed by atoms with Gasteiger partial charge in [-0.25, -0.2) is 0 Å². The maximum Gasteiger partial charge on any atom is 0.220 e. The summed E-state index contributed by atoms with van der Waals surface area (Å²) in [6, 6.07) is -0.812. The van der Waals surface area contributed by atoms with E-state index >= 15 is 0 Å². The first-order valence-corrected chi connectivity index (χ1v) is 31.4. The molecule has 1 saturated heterocycles. The first-order valence-electron chi connectivity index (χ1n) is 31.4. The molecule has 0 bridgehead atoms. The molecule has 7 atom stereocenters. The first kappa shape index (κ1) is 69.2. The quantitative estimate of drug-likeness (QED) is 0.0261. The van der Waals surface area contributed by atoms with E-state index in [1.165, 1.54) is 212 Å². The van der Waals surface area contributed by atoms with E-state index in [1.54, 1.807) is 6.08 Å². The van der Waals surface area contributed by atoms with Crippen molar-refractivity contribution < 1.29 is 39.8 Å². The number of unbranched alkanes of at least 4 members (excludes halogenated alkanes) is 38. The predicted octanol–water partition coefficient (Wildman–Crippen LogP) is 16.1. The molecule has 428 valence electrons. The average molecular weight is 1030 g/mol. The molecule has 0 aromatic carbocycles. The summed E-state index contributed by atoms with van der Waals surface area (Å²) < 4.78 is 11.3. The Morgan fingerprint density at radius 2 is 0.808 bits per heavy atom. The lowest BCUT2D eigenvalue weighted by Gasteiger charge is -2.40. The Hall–Kier alpha value is -1.85. The van der Waals surface area contributed by atoms with Gasteiger partial charge in [0.2, 0.25) is 5.91 Å². The van der Waals surface area contributed by atoms with Crippen molar-refractivity contribution in [3.05, 3.63) is 48.6 Å². The van der Waals surface area contributed by atoms with Gasteiger partial charge in [0.1, 0.15) is 24.4 Å². The highest BCUT2D eigenvalue weighted by Gasteiger charge is 2.44. The molecule has 1 aliphatic rings. The molecular formula is C64H119NO8. The van der Waals surface area contributed by atoms with E-state index in [0.717, 1.165) is 64.2 Å². The van der Waals surface area contributed by atoms with Gasteiger partial charge >= 0.3 is 0 Å². The molecule has 6 N–H and O–H groups in total. The minimum Gasteiger partial charge on any atom is -0.394 e. The minimum absolute atomic E-state index is 0.182. The Morgan fingerprint density at radius 1 is 0.466 bits per heavy atom. The second-order valence-corrected chi connectivity index (χ2v) is 21.9. The van der Waals surface area contributed by atoms with Crippen molar-refractivity contribution in [3.63, 3.8) is 0 Å². The fraction of sp³-hybridized carbons (Fsp3) is 0.859. The van der Waals surface area contributed by atoms with E-state index in [1.807, 2.05) is 6.08 Å². The number of allylic oxidation sites excluding steroid dienone is 7. The number of amides is 1. The maximum atomic E-state index is 13.1. The smallest absolute Gasteiger partial charge is 0.220 e. The van der Waals surface area contributed by atoms with Crippen molar-refractivity contribution >= 4 is 5.91 Å². The molecule has 9 nitrogen and oxygen atoms in total. The summed E-state index contributed by atoms with van der Waals surface area (Å²) in [7, 11) is 0. The van der Waals surface area contributed by atoms with Crippen molar-refractivity contribution in [3.8, 4) is 0 Å². The van der Waals surface area contributed by atoms with E-state index in [9.17, 15) is 30.3 Å². The average Bonchev–Trinajstić information content (AvgIpc) is 3.39. The summed E-state index contributed by atoms with van der Waals surface area (Å²) in [6.45, 7) is 3.80. The SMILES string of the molecule is CCCCCCC/C=C\C/C=C\C/C=C\CCCCCCCCCCC(=O)NC(COC1OC(CO)C(O)C(O)C1O)C(O)/C=C/CCCCCCCCCCCCCCCCCCCCCCCCCCC. The van der Waals surface area contributed by atoms with Crippen LogP contribution < -0.4 is 5.32 Å². The lowest BCUT2D eigenvalue weighted by molar-refractivity contribution is -0.302. The molecular weight excluding hydrogens is 911 g/mol.